The number of likely N-dealkylation sites (N-methyl/N-ethyl adjacent to an activating group) is 1. The fourth-order valence-electron chi connectivity index (χ4n) is 2.45. The zero-order valence-corrected chi connectivity index (χ0v) is 12.6. The van der Waals surface area contributed by atoms with E-state index in [1.807, 2.05) is 0 Å². The summed E-state index contributed by atoms with van der Waals surface area (Å²) in [5.41, 5.74) is 7.29. The summed E-state index contributed by atoms with van der Waals surface area (Å²) < 4.78 is 1.18. The average Bonchev–Trinajstić information content (AvgIpc) is 2.39. The van der Waals surface area contributed by atoms with Crippen LogP contribution in [0.15, 0.2) is 28.7 Å². The highest BCUT2D eigenvalue weighted by molar-refractivity contribution is 9.10. The Labute approximate surface area is 118 Å². The van der Waals surface area contributed by atoms with Gasteiger partial charge in [0.2, 0.25) is 0 Å². The maximum atomic E-state index is 5.96. The lowest BCUT2D eigenvalue weighted by atomic mass is 9.98. The van der Waals surface area contributed by atoms with Gasteiger partial charge in [0.1, 0.15) is 0 Å². The Morgan fingerprint density at radius 2 is 1.89 bits per heavy atom. The lowest BCUT2D eigenvalue weighted by Gasteiger charge is -2.34. The second-order valence-electron chi connectivity index (χ2n) is 5.06. The molecule has 100 valence electrons. The normalized spacial score (nSPS) is 19.9. The molecule has 0 saturated carbocycles. The van der Waals surface area contributed by atoms with Crippen molar-refractivity contribution >= 4 is 15.9 Å². The molecule has 1 heterocycles. The Morgan fingerprint density at radius 3 is 2.50 bits per heavy atom. The number of piperazine rings is 1. The van der Waals surface area contributed by atoms with Gasteiger partial charge in [0.15, 0.2) is 0 Å². The van der Waals surface area contributed by atoms with Gasteiger partial charge in [-0.25, -0.2) is 0 Å². The first-order chi connectivity index (χ1) is 8.70. The van der Waals surface area contributed by atoms with Gasteiger partial charge in [0, 0.05) is 49.7 Å². The first kappa shape index (κ1) is 14.0. The summed E-state index contributed by atoms with van der Waals surface area (Å²) in [4.78, 5) is 4.91. The number of nitrogens with two attached hydrogens (primary N) is 1. The summed E-state index contributed by atoms with van der Waals surface area (Å²) in [5.74, 6) is 0.420. The molecule has 18 heavy (non-hydrogen) atoms. The molecular weight excluding hydrogens is 290 g/mol. The first-order valence-corrected chi connectivity index (χ1v) is 7.35. The van der Waals surface area contributed by atoms with Gasteiger partial charge >= 0.3 is 0 Å². The predicted octanol–water partition coefficient (Wildman–Crippen LogP) is 1.74. The number of nitrogens with zero attached hydrogens (tertiary/aromatic N) is 2. The zero-order chi connectivity index (χ0) is 13.0. The monoisotopic (exact) mass is 311 g/mol. The standard InChI is InChI=1S/C14H22BrN3/c1-17-6-8-18(9-7-17)11-12(10-16)13-4-2-3-5-14(13)15/h2-5,12H,6-11,16H2,1H3. The second kappa shape index (κ2) is 6.66. The molecule has 4 heteroatoms. The minimum absolute atomic E-state index is 0.420. The topological polar surface area (TPSA) is 32.5 Å². The molecule has 1 aromatic carbocycles. The largest absolute Gasteiger partial charge is 0.330 e. The lowest BCUT2D eigenvalue weighted by molar-refractivity contribution is 0.147. The van der Waals surface area contributed by atoms with Crippen molar-refractivity contribution in [1.82, 2.24) is 9.80 Å². The van der Waals surface area contributed by atoms with Crippen LogP contribution in [0.5, 0.6) is 0 Å². The fraction of sp³-hybridized carbons (Fsp3) is 0.571. The van der Waals surface area contributed by atoms with Gasteiger partial charge < -0.3 is 15.5 Å². The summed E-state index contributed by atoms with van der Waals surface area (Å²) in [6.45, 7) is 6.39. The van der Waals surface area contributed by atoms with Crippen molar-refractivity contribution in [3.8, 4) is 0 Å². The van der Waals surface area contributed by atoms with Crippen molar-refractivity contribution in [3.05, 3.63) is 34.3 Å². The van der Waals surface area contributed by atoms with Crippen molar-refractivity contribution in [3.63, 3.8) is 0 Å². The molecule has 1 aromatic rings. The maximum Gasteiger partial charge on any atom is 0.0211 e. The van der Waals surface area contributed by atoms with Gasteiger partial charge in [-0.3, -0.25) is 0 Å². The minimum Gasteiger partial charge on any atom is -0.330 e. The van der Waals surface area contributed by atoms with Gasteiger partial charge in [0.05, 0.1) is 0 Å². The van der Waals surface area contributed by atoms with Crippen molar-refractivity contribution in [1.29, 1.82) is 0 Å². The van der Waals surface area contributed by atoms with Crippen LogP contribution in [0.25, 0.3) is 0 Å². The summed E-state index contributed by atoms with van der Waals surface area (Å²) >= 11 is 3.63. The Bertz CT molecular complexity index is 375. The molecule has 0 aromatic heterocycles. The molecule has 1 saturated heterocycles. The van der Waals surface area contributed by atoms with E-state index in [1.165, 1.54) is 10.0 Å². The molecule has 2 rings (SSSR count). The van der Waals surface area contributed by atoms with Gasteiger partial charge in [0.25, 0.3) is 0 Å². The van der Waals surface area contributed by atoms with Crippen LogP contribution in [-0.2, 0) is 0 Å². The fourth-order valence-corrected chi connectivity index (χ4v) is 3.06. The van der Waals surface area contributed by atoms with Crippen molar-refractivity contribution < 1.29 is 0 Å². The molecule has 0 bridgehead atoms. The second-order valence-corrected chi connectivity index (χ2v) is 5.91. The van der Waals surface area contributed by atoms with Crippen LogP contribution in [0.4, 0.5) is 0 Å². The van der Waals surface area contributed by atoms with Gasteiger partial charge in [-0.05, 0) is 18.7 Å². The smallest absolute Gasteiger partial charge is 0.0211 e. The Balaban J connectivity index is 1.99. The summed E-state index contributed by atoms with van der Waals surface area (Å²) in [7, 11) is 2.19. The molecular formula is C14H22BrN3. The van der Waals surface area contributed by atoms with Crippen LogP contribution in [0.2, 0.25) is 0 Å². The van der Waals surface area contributed by atoms with E-state index in [2.05, 4.69) is 57.0 Å². The van der Waals surface area contributed by atoms with Crippen LogP contribution in [0.1, 0.15) is 11.5 Å². The van der Waals surface area contributed by atoms with Gasteiger partial charge in [-0.15, -0.1) is 0 Å². The molecule has 1 fully saturated rings. The van der Waals surface area contributed by atoms with E-state index in [0.29, 0.717) is 12.5 Å². The number of halogens is 1. The number of hydrogen-bond acceptors (Lipinski definition) is 3. The number of benzene rings is 1. The summed E-state index contributed by atoms with van der Waals surface area (Å²) in [6, 6.07) is 8.42. The van der Waals surface area contributed by atoms with Crippen molar-refractivity contribution in [2.45, 2.75) is 5.92 Å². The van der Waals surface area contributed by atoms with E-state index in [9.17, 15) is 0 Å². The van der Waals surface area contributed by atoms with Crippen molar-refractivity contribution in [2.24, 2.45) is 5.73 Å². The molecule has 1 aliphatic heterocycles. The summed E-state index contributed by atoms with van der Waals surface area (Å²) in [6.07, 6.45) is 0. The molecule has 0 radical (unpaired) electrons. The molecule has 1 unspecified atom stereocenters. The van der Waals surface area contributed by atoms with E-state index in [1.54, 1.807) is 0 Å². The van der Waals surface area contributed by atoms with Crippen LogP contribution in [-0.4, -0.2) is 56.1 Å². The van der Waals surface area contributed by atoms with E-state index < -0.39 is 0 Å². The Kier molecular flexibility index (Phi) is 5.18. The highest BCUT2D eigenvalue weighted by Gasteiger charge is 2.19. The van der Waals surface area contributed by atoms with E-state index >= 15 is 0 Å². The molecule has 1 aliphatic rings. The van der Waals surface area contributed by atoms with E-state index in [-0.39, 0.29) is 0 Å². The third kappa shape index (κ3) is 3.54. The maximum absolute atomic E-state index is 5.96. The summed E-state index contributed by atoms with van der Waals surface area (Å²) in [5, 5.41) is 0. The molecule has 0 spiro atoms. The SMILES string of the molecule is CN1CCN(CC(CN)c2ccccc2Br)CC1. The average molecular weight is 312 g/mol. The third-order valence-corrected chi connectivity index (χ3v) is 4.43. The predicted molar refractivity (Wildman–Crippen MR) is 79.9 cm³/mol. The number of rotatable bonds is 4. The van der Waals surface area contributed by atoms with Crippen LogP contribution in [0.3, 0.4) is 0 Å². The highest BCUT2D eigenvalue weighted by Crippen LogP contribution is 2.25. The van der Waals surface area contributed by atoms with E-state index in [0.717, 1.165) is 32.7 Å². The number of hydrogen-bond donors (Lipinski definition) is 1. The Hall–Kier alpha value is -0.420. The molecule has 0 amide bonds. The zero-order valence-electron chi connectivity index (χ0n) is 11.0. The molecule has 0 aliphatic carbocycles. The molecule has 3 nitrogen and oxygen atoms in total. The Morgan fingerprint density at radius 1 is 1.22 bits per heavy atom. The quantitative estimate of drug-likeness (QED) is 0.919. The van der Waals surface area contributed by atoms with Crippen LogP contribution >= 0.6 is 15.9 Å². The van der Waals surface area contributed by atoms with Crippen LogP contribution < -0.4 is 5.73 Å². The van der Waals surface area contributed by atoms with Gasteiger partial charge in [-0.2, -0.15) is 0 Å². The first-order valence-electron chi connectivity index (χ1n) is 6.56. The third-order valence-electron chi connectivity index (χ3n) is 3.70. The van der Waals surface area contributed by atoms with Crippen molar-refractivity contribution in [2.75, 3.05) is 46.3 Å². The van der Waals surface area contributed by atoms with Gasteiger partial charge in [-0.1, -0.05) is 34.1 Å². The molecule has 2 N–H and O–H groups in total. The lowest BCUT2D eigenvalue weighted by Crippen LogP contribution is -2.46. The molecule has 1 atom stereocenters. The van der Waals surface area contributed by atoms with E-state index in [4.69, 9.17) is 5.73 Å². The van der Waals surface area contributed by atoms with Crippen LogP contribution in [0, 0.1) is 0 Å². The minimum atomic E-state index is 0.420. The highest BCUT2D eigenvalue weighted by atomic mass is 79.9.